The number of hydrogen-bond donors (Lipinski definition) is 1. The Morgan fingerprint density at radius 1 is 1.28 bits per heavy atom. The fourth-order valence-corrected chi connectivity index (χ4v) is 5.17. The monoisotopic (exact) mass is 412 g/mol. The van der Waals surface area contributed by atoms with Crippen molar-refractivity contribution in [1.82, 2.24) is 9.29 Å². The number of nitrogens with zero attached hydrogens (tertiary/aromatic N) is 3. The van der Waals surface area contributed by atoms with Gasteiger partial charge in [0.05, 0.1) is 10.5 Å². The first-order valence-electron chi connectivity index (χ1n) is 8.90. The maximum absolute atomic E-state index is 12.9. The summed E-state index contributed by atoms with van der Waals surface area (Å²) in [6.07, 6.45) is 1.68. The predicted molar refractivity (Wildman–Crippen MR) is 109 cm³/mol. The summed E-state index contributed by atoms with van der Waals surface area (Å²) in [6, 6.07) is 11.8. The molecular formula is C20H20N4O4S. The molecule has 1 atom stereocenters. The van der Waals surface area contributed by atoms with Crippen molar-refractivity contribution in [2.75, 3.05) is 0 Å². The number of aryl methyl sites for hydroxylation is 2. The molecule has 3 aromatic rings. The molecule has 29 heavy (non-hydrogen) atoms. The maximum atomic E-state index is 12.9. The molecule has 0 fully saturated rings. The number of rotatable bonds is 6. The summed E-state index contributed by atoms with van der Waals surface area (Å²) in [5.41, 5.74) is 1.80. The second-order valence-electron chi connectivity index (χ2n) is 7.03. The number of sulfonamides is 1. The SMILES string of the molecule is Cc1cc(C)c(S(=O)(=O)NC(C)Cn2cc(C#N)c3ccccc32)c([N+](=O)[O-])c1. The molecule has 1 aromatic heterocycles. The molecule has 8 nitrogen and oxygen atoms in total. The predicted octanol–water partition coefficient (Wildman–Crippen LogP) is 3.41. The topological polar surface area (TPSA) is 118 Å². The maximum Gasteiger partial charge on any atom is 0.289 e. The number of nitro groups is 1. The lowest BCUT2D eigenvalue weighted by atomic mass is 10.1. The van der Waals surface area contributed by atoms with Gasteiger partial charge in [0.25, 0.3) is 5.69 Å². The molecule has 0 bridgehead atoms. The molecule has 0 aliphatic carbocycles. The third-order valence-corrected chi connectivity index (χ3v) is 6.38. The van der Waals surface area contributed by atoms with Crippen LogP contribution >= 0.6 is 0 Å². The minimum absolute atomic E-state index is 0.264. The normalized spacial score (nSPS) is 12.6. The molecule has 2 aromatic carbocycles. The van der Waals surface area contributed by atoms with Gasteiger partial charge in [0.2, 0.25) is 10.0 Å². The van der Waals surface area contributed by atoms with E-state index in [0.29, 0.717) is 16.7 Å². The lowest BCUT2D eigenvalue weighted by molar-refractivity contribution is -0.388. The zero-order chi connectivity index (χ0) is 21.3. The van der Waals surface area contributed by atoms with E-state index in [-0.39, 0.29) is 11.4 Å². The van der Waals surface area contributed by atoms with E-state index < -0.39 is 26.7 Å². The fraction of sp³-hybridized carbons (Fsp3) is 0.250. The Balaban J connectivity index is 1.93. The smallest absolute Gasteiger partial charge is 0.289 e. The molecule has 0 saturated carbocycles. The highest BCUT2D eigenvalue weighted by Crippen LogP contribution is 2.29. The number of nitro benzene ring substituents is 1. The van der Waals surface area contributed by atoms with Gasteiger partial charge < -0.3 is 4.57 Å². The second-order valence-corrected chi connectivity index (χ2v) is 8.68. The standard InChI is InChI=1S/C20H20N4O4S/c1-13-8-14(2)20(19(9-13)24(25)26)29(27,28)22-15(3)11-23-12-16(10-21)17-6-4-5-7-18(17)23/h4-9,12,15,22H,11H2,1-3H3. The molecule has 3 rings (SSSR count). The van der Waals surface area contributed by atoms with E-state index >= 15 is 0 Å². The molecule has 0 saturated heterocycles. The van der Waals surface area contributed by atoms with Gasteiger partial charge in [0, 0.05) is 35.8 Å². The third kappa shape index (κ3) is 3.99. The van der Waals surface area contributed by atoms with Crippen molar-refractivity contribution in [3.8, 4) is 6.07 Å². The first-order valence-corrected chi connectivity index (χ1v) is 10.4. The van der Waals surface area contributed by atoms with Crippen molar-refractivity contribution in [1.29, 1.82) is 5.26 Å². The Morgan fingerprint density at radius 3 is 2.62 bits per heavy atom. The first-order chi connectivity index (χ1) is 13.6. The van der Waals surface area contributed by atoms with E-state index in [2.05, 4.69) is 10.8 Å². The van der Waals surface area contributed by atoms with Gasteiger partial charge in [-0.05, 0) is 38.0 Å². The van der Waals surface area contributed by atoms with Gasteiger partial charge >= 0.3 is 0 Å². The fourth-order valence-electron chi connectivity index (χ4n) is 3.56. The van der Waals surface area contributed by atoms with Crippen LogP contribution in [0.4, 0.5) is 5.69 Å². The Bertz CT molecular complexity index is 1260. The van der Waals surface area contributed by atoms with Crippen LogP contribution in [-0.4, -0.2) is 24.0 Å². The van der Waals surface area contributed by atoms with Crippen LogP contribution in [0.25, 0.3) is 10.9 Å². The van der Waals surface area contributed by atoms with Crippen LogP contribution in [0, 0.1) is 35.3 Å². The van der Waals surface area contributed by atoms with Gasteiger partial charge in [-0.2, -0.15) is 5.26 Å². The summed E-state index contributed by atoms with van der Waals surface area (Å²) in [5, 5.41) is 21.5. The number of benzene rings is 2. The highest BCUT2D eigenvalue weighted by Gasteiger charge is 2.29. The van der Waals surface area contributed by atoms with Crippen molar-refractivity contribution >= 4 is 26.6 Å². The molecular weight excluding hydrogens is 392 g/mol. The highest BCUT2D eigenvalue weighted by atomic mass is 32.2. The summed E-state index contributed by atoms with van der Waals surface area (Å²) in [4.78, 5) is 10.4. The van der Waals surface area contributed by atoms with Crippen LogP contribution in [0.3, 0.4) is 0 Å². The van der Waals surface area contributed by atoms with E-state index in [0.717, 1.165) is 10.9 Å². The quantitative estimate of drug-likeness (QED) is 0.492. The molecule has 1 N–H and O–H groups in total. The van der Waals surface area contributed by atoms with Crippen molar-refractivity contribution in [2.24, 2.45) is 0 Å². The van der Waals surface area contributed by atoms with Gasteiger partial charge in [-0.25, -0.2) is 13.1 Å². The summed E-state index contributed by atoms with van der Waals surface area (Å²) in [6.45, 7) is 5.15. The van der Waals surface area contributed by atoms with Crippen molar-refractivity contribution in [3.63, 3.8) is 0 Å². The van der Waals surface area contributed by atoms with E-state index in [1.54, 1.807) is 30.7 Å². The third-order valence-electron chi connectivity index (χ3n) is 4.60. The minimum atomic E-state index is -4.12. The van der Waals surface area contributed by atoms with Crippen LogP contribution < -0.4 is 4.72 Å². The van der Waals surface area contributed by atoms with Crippen molar-refractivity contribution < 1.29 is 13.3 Å². The van der Waals surface area contributed by atoms with Crippen molar-refractivity contribution in [3.05, 3.63) is 69.4 Å². The minimum Gasteiger partial charge on any atom is -0.345 e. The molecule has 9 heteroatoms. The summed E-state index contributed by atoms with van der Waals surface area (Å²) in [5.74, 6) is 0. The van der Waals surface area contributed by atoms with Crippen LogP contribution in [0.1, 0.15) is 23.6 Å². The van der Waals surface area contributed by atoms with Gasteiger partial charge in [-0.3, -0.25) is 10.1 Å². The lowest BCUT2D eigenvalue weighted by Gasteiger charge is -2.17. The lowest BCUT2D eigenvalue weighted by Crippen LogP contribution is -2.36. The van der Waals surface area contributed by atoms with Gasteiger partial charge in [0.15, 0.2) is 4.90 Å². The average Bonchev–Trinajstić information content (AvgIpc) is 2.98. The van der Waals surface area contributed by atoms with Crippen molar-refractivity contribution in [2.45, 2.75) is 38.3 Å². The molecule has 0 spiro atoms. The Morgan fingerprint density at radius 2 is 1.97 bits per heavy atom. The van der Waals surface area contributed by atoms with Crippen LogP contribution in [-0.2, 0) is 16.6 Å². The van der Waals surface area contributed by atoms with Gasteiger partial charge in [0.1, 0.15) is 6.07 Å². The number of nitriles is 1. The highest BCUT2D eigenvalue weighted by molar-refractivity contribution is 7.89. The molecule has 0 aliphatic heterocycles. The van der Waals surface area contributed by atoms with E-state index in [1.165, 1.54) is 13.0 Å². The van der Waals surface area contributed by atoms with E-state index in [9.17, 15) is 23.8 Å². The van der Waals surface area contributed by atoms with E-state index in [4.69, 9.17) is 0 Å². The Hall–Kier alpha value is -3.22. The molecule has 150 valence electrons. The zero-order valence-electron chi connectivity index (χ0n) is 16.2. The number of nitrogens with one attached hydrogen (secondary N) is 1. The zero-order valence-corrected chi connectivity index (χ0v) is 17.0. The van der Waals surface area contributed by atoms with Crippen LogP contribution in [0.15, 0.2) is 47.5 Å². The van der Waals surface area contributed by atoms with Crippen LogP contribution in [0.2, 0.25) is 0 Å². The number of fused-ring (bicyclic) bond motifs is 1. The molecule has 1 heterocycles. The first kappa shape index (κ1) is 20.5. The van der Waals surface area contributed by atoms with Gasteiger partial charge in [-0.15, -0.1) is 0 Å². The van der Waals surface area contributed by atoms with E-state index in [1.807, 2.05) is 24.3 Å². The molecule has 0 aliphatic rings. The van der Waals surface area contributed by atoms with Crippen LogP contribution in [0.5, 0.6) is 0 Å². The Labute approximate surface area is 168 Å². The second kappa shape index (κ2) is 7.66. The number of aromatic nitrogens is 1. The summed E-state index contributed by atoms with van der Waals surface area (Å²) < 4.78 is 30.2. The number of para-hydroxylation sites is 1. The molecule has 0 radical (unpaired) electrons. The Kier molecular flexibility index (Phi) is 5.42. The van der Waals surface area contributed by atoms with Gasteiger partial charge in [-0.1, -0.05) is 24.3 Å². The summed E-state index contributed by atoms with van der Waals surface area (Å²) >= 11 is 0. The largest absolute Gasteiger partial charge is 0.345 e. The molecule has 1 unspecified atom stereocenters. The molecule has 0 amide bonds. The summed E-state index contributed by atoms with van der Waals surface area (Å²) in [7, 11) is -4.12. The average molecular weight is 412 g/mol. The number of hydrogen-bond acceptors (Lipinski definition) is 5.